The molecule has 3 nitrogen and oxygen atoms in total. The van der Waals surface area contributed by atoms with Gasteiger partial charge in [-0.1, -0.05) is 17.7 Å². The molecular formula is C15H20N2O. The van der Waals surface area contributed by atoms with Gasteiger partial charge in [-0.2, -0.15) is 0 Å². The van der Waals surface area contributed by atoms with E-state index in [1.807, 2.05) is 4.90 Å². The van der Waals surface area contributed by atoms with Crippen LogP contribution >= 0.6 is 0 Å². The number of likely N-dealkylation sites (tertiary alicyclic amines) is 1. The molecular weight excluding hydrogens is 224 g/mol. The first-order chi connectivity index (χ1) is 8.58. The Morgan fingerprint density at radius 1 is 1.39 bits per heavy atom. The minimum Gasteiger partial charge on any atom is -0.309 e. The third-order valence-corrected chi connectivity index (χ3v) is 4.29. The van der Waals surface area contributed by atoms with E-state index < -0.39 is 0 Å². The van der Waals surface area contributed by atoms with Gasteiger partial charge in [0.2, 0.25) is 5.91 Å². The Hall–Kier alpha value is -1.35. The van der Waals surface area contributed by atoms with Crippen LogP contribution in [0.4, 0.5) is 5.69 Å². The lowest BCUT2D eigenvalue weighted by atomic mass is 9.89. The fraction of sp³-hybridized carbons (Fsp3) is 0.533. The average molecular weight is 244 g/mol. The van der Waals surface area contributed by atoms with Crippen LogP contribution in [0.2, 0.25) is 0 Å². The summed E-state index contributed by atoms with van der Waals surface area (Å²) >= 11 is 0. The maximum absolute atomic E-state index is 11.9. The van der Waals surface area contributed by atoms with Crippen molar-refractivity contribution in [3.05, 3.63) is 29.3 Å². The van der Waals surface area contributed by atoms with Gasteiger partial charge in [0, 0.05) is 31.1 Å². The van der Waals surface area contributed by atoms with Gasteiger partial charge in [-0.15, -0.1) is 0 Å². The first-order valence-electron chi connectivity index (χ1n) is 6.67. The summed E-state index contributed by atoms with van der Waals surface area (Å²) in [6.45, 7) is 5.95. The molecule has 0 aliphatic carbocycles. The van der Waals surface area contributed by atoms with E-state index in [2.05, 4.69) is 37.1 Å². The number of hydrogen-bond donors (Lipinski definition) is 0. The van der Waals surface area contributed by atoms with E-state index in [0.717, 1.165) is 25.2 Å². The highest BCUT2D eigenvalue weighted by Gasteiger charge is 2.42. The van der Waals surface area contributed by atoms with E-state index >= 15 is 0 Å². The third-order valence-electron chi connectivity index (χ3n) is 4.29. The summed E-state index contributed by atoms with van der Waals surface area (Å²) in [6.07, 6.45) is 1.08. The van der Waals surface area contributed by atoms with E-state index in [4.69, 9.17) is 0 Å². The molecule has 2 aliphatic heterocycles. The molecule has 1 fully saturated rings. The number of benzene rings is 1. The van der Waals surface area contributed by atoms with Crippen LogP contribution in [-0.2, 0) is 4.79 Å². The Labute approximate surface area is 108 Å². The van der Waals surface area contributed by atoms with Crippen LogP contribution in [0.5, 0.6) is 0 Å². The van der Waals surface area contributed by atoms with E-state index in [1.165, 1.54) is 11.1 Å². The topological polar surface area (TPSA) is 23.6 Å². The molecule has 0 saturated carbocycles. The minimum absolute atomic E-state index is 0.178. The molecule has 0 unspecified atom stereocenters. The monoisotopic (exact) mass is 244 g/mol. The van der Waals surface area contributed by atoms with Gasteiger partial charge in [-0.25, -0.2) is 0 Å². The van der Waals surface area contributed by atoms with Gasteiger partial charge in [-0.3, -0.25) is 4.79 Å². The van der Waals surface area contributed by atoms with Crippen molar-refractivity contribution in [2.24, 2.45) is 0 Å². The van der Waals surface area contributed by atoms with Crippen molar-refractivity contribution in [3.8, 4) is 0 Å². The van der Waals surface area contributed by atoms with Crippen molar-refractivity contribution >= 4 is 11.6 Å². The van der Waals surface area contributed by atoms with Crippen molar-refractivity contribution in [1.29, 1.82) is 0 Å². The molecule has 1 aromatic carbocycles. The van der Waals surface area contributed by atoms with Crippen molar-refractivity contribution in [2.75, 3.05) is 25.0 Å². The number of rotatable bonds is 0. The predicted octanol–water partition coefficient (Wildman–Crippen LogP) is 2.15. The Balaban J connectivity index is 2.09. The number of carbonyl (C=O) groups excluding carboxylic acids is 1. The zero-order chi connectivity index (χ0) is 12.9. The molecule has 0 spiro atoms. The standard InChI is InChI=1S/C15H20N2O/c1-10-4-5-14-12(8-10)13-9-16(3)7-6-15(13)17(14)11(2)18/h4-5,8,13,15H,6-7,9H2,1-3H3/t13-,15-/m1/s1. The van der Waals surface area contributed by atoms with Gasteiger partial charge in [-0.05, 0) is 38.6 Å². The summed E-state index contributed by atoms with van der Waals surface area (Å²) in [6, 6.07) is 6.85. The van der Waals surface area contributed by atoms with Crippen molar-refractivity contribution in [2.45, 2.75) is 32.2 Å². The SMILES string of the molecule is CC(=O)N1c2ccc(C)cc2[C@H]2CN(C)CC[C@H]21. The van der Waals surface area contributed by atoms with Crippen molar-refractivity contribution < 1.29 is 4.79 Å². The molecule has 1 amide bonds. The summed E-state index contributed by atoms with van der Waals surface area (Å²) in [5, 5.41) is 0. The van der Waals surface area contributed by atoms with Crippen LogP contribution < -0.4 is 4.90 Å². The molecule has 3 heteroatoms. The Bertz CT molecular complexity index is 497. The average Bonchev–Trinajstić information content (AvgIpc) is 2.62. The molecule has 0 radical (unpaired) electrons. The zero-order valence-electron chi connectivity index (χ0n) is 11.3. The Kier molecular flexibility index (Phi) is 2.67. The molecule has 2 atom stereocenters. The van der Waals surface area contributed by atoms with Crippen LogP contribution in [0.25, 0.3) is 0 Å². The first-order valence-corrected chi connectivity index (χ1v) is 6.67. The number of nitrogens with zero attached hydrogens (tertiary/aromatic N) is 2. The highest BCUT2D eigenvalue weighted by Crippen LogP contribution is 2.44. The number of anilines is 1. The normalized spacial score (nSPS) is 26.9. The quantitative estimate of drug-likeness (QED) is 0.698. The van der Waals surface area contributed by atoms with Crippen molar-refractivity contribution in [1.82, 2.24) is 4.90 Å². The molecule has 18 heavy (non-hydrogen) atoms. The lowest BCUT2D eigenvalue weighted by Gasteiger charge is -2.36. The lowest BCUT2D eigenvalue weighted by Crippen LogP contribution is -2.46. The number of amides is 1. The molecule has 2 heterocycles. The maximum Gasteiger partial charge on any atom is 0.224 e. The number of piperidine rings is 1. The second-order valence-electron chi connectivity index (χ2n) is 5.68. The molecule has 1 aromatic rings. The molecule has 2 aliphatic rings. The summed E-state index contributed by atoms with van der Waals surface area (Å²) in [4.78, 5) is 16.3. The van der Waals surface area contributed by atoms with Gasteiger partial charge in [0.1, 0.15) is 0 Å². The predicted molar refractivity (Wildman–Crippen MR) is 73.0 cm³/mol. The number of aryl methyl sites for hydroxylation is 1. The molecule has 0 aromatic heterocycles. The van der Waals surface area contributed by atoms with Crippen LogP contribution in [0.1, 0.15) is 30.4 Å². The number of likely N-dealkylation sites (N-methyl/N-ethyl adjacent to an activating group) is 1. The van der Waals surface area contributed by atoms with Crippen LogP contribution in [0, 0.1) is 6.92 Å². The van der Waals surface area contributed by atoms with E-state index in [1.54, 1.807) is 6.92 Å². The lowest BCUT2D eigenvalue weighted by molar-refractivity contribution is -0.117. The molecule has 1 saturated heterocycles. The number of fused-ring (bicyclic) bond motifs is 3. The summed E-state index contributed by atoms with van der Waals surface area (Å²) in [7, 11) is 2.17. The van der Waals surface area contributed by atoms with E-state index in [0.29, 0.717) is 12.0 Å². The fourth-order valence-electron chi connectivity index (χ4n) is 3.49. The Morgan fingerprint density at radius 3 is 2.89 bits per heavy atom. The minimum atomic E-state index is 0.178. The van der Waals surface area contributed by atoms with Gasteiger partial charge >= 0.3 is 0 Å². The highest BCUT2D eigenvalue weighted by atomic mass is 16.2. The van der Waals surface area contributed by atoms with E-state index in [9.17, 15) is 4.79 Å². The largest absolute Gasteiger partial charge is 0.309 e. The smallest absolute Gasteiger partial charge is 0.224 e. The van der Waals surface area contributed by atoms with E-state index in [-0.39, 0.29) is 5.91 Å². The third kappa shape index (κ3) is 1.65. The van der Waals surface area contributed by atoms with Crippen molar-refractivity contribution in [3.63, 3.8) is 0 Å². The molecule has 0 bridgehead atoms. The maximum atomic E-state index is 11.9. The summed E-state index contributed by atoms with van der Waals surface area (Å²) in [5.41, 5.74) is 3.78. The van der Waals surface area contributed by atoms with Gasteiger partial charge < -0.3 is 9.80 Å². The van der Waals surface area contributed by atoms with Gasteiger partial charge in [0.05, 0.1) is 0 Å². The zero-order valence-corrected chi connectivity index (χ0v) is 11.3. The summed E-state index contributed by atoms with van der Waals surface area (Å²) < 4.78 is 0. The van der Waals surface area contributed by atoms with Crippen LogP contribution in [-0.4, -0.2) is 37.0 Å². The second-order valence-corrected chi connectivity index (χ2v) is 5.68. The second kappa shape index (κ2) is 4.09. The van der Waals surface area contributed by atoms with Gasteiger partial charge in [0.15, 0.2) is 0 Å². The van der Waals surface area contributed by atoms with Gasteiger partial charge in [0.25, 0.3) is 0 Å². The first kappa shape index (κ1) is 11.7. The highest BCUT2D eigenvalue weighted by molar-refractivity contribution is 5.95. The molecule has 0 N–H and O–H groups in total. The van der Waals surface area contributed by atoms with Crippen LogP contribution in [0.3, 0.4) is 0 Å². The fourth-order valence-corrected chi connectivity index (χ4v) is 3.49. The molecule has 96 valence electrons. The van der Waals surface area contributed by atoms with Crippen LogP contribution in [0.15, 0.2) is 18.2 Å². The Morgan fingerprint density at radius 2 is 2.17 bits per heavy atom. The summed E-state index contributed by atoms with van der Waals surface area (Å²) in [5.74, 6) is 0.666. The number of carbonyl (C=O) groups is 1. The number of hydrogen-bond acceptors (Lipinski definition) is 2. The molecule has 3 rings (SSSR count).